The fourth-order valence-electron chi connectivity index (χ4n) is 2.74. The summed E-state index contributed by atoms with van der Waals surface area (Å²) in [4.78, 5) is 24.4. The van der Waals surface area contributed by atoms with Gasteiger partial charge in [0.2, 0.25) is 5.75 Å². The Morgan fingerprint density at radius 1 is 1.37 bits per heavy atom. The summed E-state index contributed by atoms with van der Waals surface area (Å²) in [5, 5.41) is 10.9. The highest BCUT2D eigenvalue weighted by Gasteiger charge is 2.23. The van der Waals surface area contributed by atoms with E-state index in [4.69, 9.17) is 19.9 Å². The van der Waals surface area contributed by atoms with Crippen LogP contribution in [0.15, 0.2) is 18.2 Å². The first-order valence-electron chi connectivity index (χ1n) is 8.59. The summed E-state index contributed by atoms with van der Waals surface area (Å²) in [5.41, 5.74) is 5.29. The summed E-state index contributed by atoms with van der Waals surface area (Å²) < 4.78 is 16.2. The van der Waals surface area contributed by atoms with Crippen molar-refractivity contribution in [2.24, 2.45) is 5.73 Å². The second kappa shape index (κ2) is 11.6. The van der Waals surface area contributed by atoms with Crippen LogP contribution in [0.1, 0.15) is 19.3 Å². The number of nitrogens with zero attached hydrogens (tertiary/aromatic N) is 2. The van der Waals surface area contributed by atoms with E-state index in [1.165, 1.54) is 25.3 Å². The molecule has 1 heterocycles. The van der Waals surface area contributed by atoms with Crippen LogP contribution in [0, 0.1) is 10.1 Å². The lowest BCUT2D eigenvalue weighted by Gasteiger charge is -2.31. The lowest BCUT2D eigenvalue weighted by molar-refractivity contribution is -0.385. The predicted octanol–water partition coefficient (Wildman–Crippen LogP) is 1.76. The molecule has 0 spiro atoms. The fraction of sp³-hybridized carbons (Fsp3) is 0.588. The normalized spacial score (nSPS) is 14.4. The van der Waals surface area contributed by atoms with Gasteiger partial charge in [0, 0.05) is 31.8 Å². The number of ether oxygens (including phenoxy) is 3. The summed E-state index contributed by atoms with van der Waals surface area (Å²) in [6.07, 6.45) is 2.60. The zero-order valence-corrected chi connectivity index (χ0v) is 16.1. The zero-order chi connectivity index (χ0) is 18.9. The molecule has 1 aliphatic heterocycles. The quantitative estimate of drug-likeness (QED) is 0.379. The average molecular weight is 404 g/mol. The highest BCUT2D eigenvalue weighted by Crippen LogP contribution is 2.30. The molecule has 1 saturated heterocycles. The molecule has 0 radical (unpaired) electrons. The van der Waals surface area contributed by atoms with Gasteiger partial charge in [-0.05, 0) is 31.9 Å². The van der Waals surface area contributed by atoms with Crippen LogP contribution in [0.5, 0.6) is 11.5 Å². The van der Waals surface area contributed by atoms with E-state index in [2.05, 4.69) is 0 Å². The van der Waals surface area contributed by atoms with Gasteiger partial charge in [-0.15, -0.1) is 12.4 Å². The number of nitrogens with two attached hydrogens (primary N) is 1. The van der Waals surface area contributed by atoms with Gasteiger partial charge in [0.25, 0.3) is 5.91 Å². The molecule has 152 valence electrons. The van der Waals surface area contributed by atoms with Crippen molar-refractivity contribution in [2.75, 3.05) is 40.0 Å². The van der Waals surface area contributed by atoms with Crippen LogP contribution in [0.2, 0.25) is 0 Å². The smallest absolute Gasteiger partial charge is 0.311 e. The van der Waals surface area contributed by atoms with E-state index < -0.39 is 4.92 Å². The Balaban J connectivity index is 0.00000364. The van der Waals surface area contributed by atoms with E-state index in [0.29, 0.717) is 32.0 Å². The van der Waals surface area contributed by atoms with Gasteiger partial charge in [-0.2, -0.15) is 0 Å². The molecule has 0 aliphatic carbocycles. The van der Waals surface area contributed by atoms with Crippen LogP contribution in [0.3, 0.4) is 0 Å². The average Bonchev–Trinajstić information content (AvgIpc) is 2.66. The molecule has 0 bridgehead atoms. The molecular weight excluding hydrogens is 378 g/mol. The Labute approximate surface area is 164 Å². The van der Waals surface area contributed by atoms with Gasteiger partial charge in [-0.3, -0.25) is 14.9 Å². The minimum absolute atomic E-state index is 0. The van der Waals surface area contributed by atoms with Crippen molar-refractivity contribution in [3.05, 3.63) is 28.3 Å². The van der Waals surface area contributed by atoms with Crippen molar-refractivity contribution >= 4 is 24.0 Å². The van der Waals surface area contributed by atoms with E-state index >= 15 is 0 Å². The third-order valence-electron chi connectivity index (χ3n) is 4.21. The van der Waals surface area contributed by atoms with Crippen molar-refractivity contribution in [3.8, 4) is 11.5 Å². The topological polar surface area (TPSA) is 117 Å². The summed E-state index contributed by atoms with van der Waals surface area (Å²) in [7, 11) is 1.34. The lowest BCUT2D eigenvalue weighted by Crippen LogP contribution is -2.43. The maximum absolute atomic E-state index is 12.3. The zero-order valence-electron chi connectivity index (χ0n) is 15.3. The number of rotatable bonds is 9. The number of benzene rings is 1. The number of methoxy groups -OCH3 is 1. The number of halogens is 1. The van der Waals surface area contributed by atoms with Gasteiger partial charge in [-0.25, -0.2) is 0 Å². The molecule has 1 aromatic carbocycles. The summed E-state index contributed by atoms with van der Waals surface area (Å²) in [6.45, 7) is 2.39. The molecule has 9 nitrogen and oxygen atoms in total. The van der Waals surface area contributed by atoms with Crippen LogP contribution in [0.4, 0.5) is 5.69 Å². The van der Waals surface area contributed by atoms with Crippen molar-refractivity contribution in [1.29, 1.82) is 0 Å². The van der Waals surface area contributed by atoms with E-state index in [0.717, 1.165) is 19.3 Å². The van der Waals surface area contributed by atoms with Gasteiger partial charge in [0.1, 0.15) is 5.75 Å². The Morgan fingerprint density at radius 3 is 2.67 bits per heavy atom. The molecule has 0 aromatic heterocycles. The van der Waals surface area contributed by atoms with Gasteiger partial charge < -0.3 is 24.8 Å². The molecule has 0 unspecified atom stereocenters. The first-order valence-corrected chi connectivity index (χ1v) is 8.59. The fourth-order valence-corrected chi connectivity index (χ4v) is 2.74. The van der Waals surface area contributed by atoms with Crippen LogP contribution in [-0.4, -0.2) is 61.8 Å². The number of hydrogen-bond donors (Lipinski definition) is 1. The number of likely N-dealkylation sites (tertiary alicyclic amines) is 1. The molecule has 1 amide bonds. The van der Waals surface area contributed by atoms with Gasteiger partial charge in [0.05, 0.1) is 18.1 Å². The second-order valence-electron chi connectivity index (χ2n) is 5.97. The first-order chi connectivity index (χ1) is 12.5. The van der Waals surface area contributed by atoms with Crippen LogP contribution in [0.25, 0.3) is 0 Å². The van der Waals surface area contributed by atoms with E-state index in [9.17, 15) is 14.9 Å². The highest BCUT2D eigenvalue weighted by molar-refractivity contribution is 5.85. The number of piperidine rings is 1. The van der Waals surface area contributed by atoms with Gasteiger partial charge in [0.15, 0.2) is 6.61 Å². The number of carbonyl (C=O) groups excluding carboxylic acids is 1. The monoisotopic (exact) mass is 403 g/mol. The van der Waals surface area contributed by atoms with Crippen molar-refractivity contribution in [2.45, 2.75) is 25.4 Å². The number of carbonyl (C=O) groups is 1. The SMILES string of the molecule is COc1cc(OCC(=O)N2CCC(OCCCN)CC2)ccc1[N+](=O)[O-].Cl. The van der Waals surface area contributed by atoms with E-state index in [-0.39, 0.29) is 42.5 Å². The largest absolute Gasteiger partial charge is 0.490 e. The molecule has 0 saturated carbocycles. The molecule has 1 aliphatic rings. The number of nitro groups is 1. The molecule has 0 atom stereocenters. The molecule has 2 N–H and O–H groups in total. The van der Waals surface area contributed by atoms with E-state index in [1.807, 2.05) is 0 Å². The third-order valence-corrected chi connectivity index (χ3v) is 4.21. The standard InChI is InChI=1S/C17H25N3O6.ClH/c1-24-16-11-14(3-4-15(16)20(22)23)26-12-17(21)19-8-5-13(6-9-19)25-10-2-7-18;/h3-4,11,13H,2,5-10,12,18H2,1H3;1H. The van der Waals surface area contributed by atoms with Crippen LogP contribution < -0.4 is 15.2 Å². The maximum atomic E-state index is 12.3. The van der Waals surface area contributed by atoms with Crippen molar-refractivity contribution < 1.29 is 23.9 Å². The second-order valence-corrected chi connectivity index (χ2v) is 5.97. The molecule has 1 fully saturated rings. The molecule has 1 aromatic rings. The highest BCUT2D eigenvalue weighted by atomic mass is 35.5. The Bertz CT molecular complexity index is 623. The minimum atomic E-state index is -0.534. The van der Waals surface area contributed by atoms with Crippen LogP contribution >= 0.6 is 12.4 Å². The molecule has 27 heavy (non-hydrogen) atoms. The minimum Gasteiger partial charge on any atom is -0.490 e. The molecular formula is C17H26ClN3O6. The van der Waals surface area contributed by atoms with Crippen molar-refractivity contribution in [3.63, 3.8) is 0 Å². The summed E-state index contributed by atoms with van der Waals surface area (Å²) in [5.74, 6) is 0.318. The summed E-state index contributed by atoms with van der Waals surface area (Å²) in [6, 6.07) is 4.15. The Kier molecular flexibility index (Phi) is 9.84. The number of nitro benzene ring substituents is 1. The first kappa shape index (κ1) is 22.9. The van der Waals surface area contributed by atoms with Gasteiger partial charge >= 0.3 is 5.69 Å². The van der Waals surface area contributed by atoms with Gasteiger partial charge in [-0.1, -0.05) is 0 Å². The predicted molar refractivity (Wildman–Crippen MR) is 102 cm³/mol. The van der Waals surface area contributed by atoms with Crippen LogP contribution in [-0.2, 0) is 9.53 Å². The number of hydrogen-bond acceptors (Lipinski definition) is 7. The third kappa shape index (κ3) is 6.85. The molecule has 10 heteroatoms. The Morgan fingerprint density at radius 2 is 2.07 bits per heavy atom. The Hall–Kier alpha value is -2.10. The van der Waals surface area contributed by atoms with Crippen molar-refractivity contribution in [1.82, 2.24) is 4.90 Å². The lowest BCUT2D eigenvalue weighted by atomic mass is 10.1. The number of amides is 1. The molecule has 2 rings (SSSR count). The maximum Gasteiger partial charge on any atom is 0.311 e. The summed E-state index contributed by atoms with van der Waals surface area (Å²) >= 11 is 0. The van der Waals surface area contributed by atoms with E-state index in [1.54, 1.807) is 4.90 Å².